The van der Waals surface area contributed by atoms with Gasteiger partial charge in [0, 0.05) is 6.42 Å². The summed E-state index contributed by atoms with van der Waals surface area (Å²) in [6, 6.07) is 0. The van der Waals surface area contributed by atoms with Crippen molar-refractivity contribution in [3.63, 3.8) is 0 Å². The van der Waals surface area contributed by atoms with Crippen LogP contribution in [-0.4, -0.2) is 49.6 Å². The van der Waals surface area contributed by atoms with E-state index in [1.54, 1.807) is 0 Å². The quantitative estimate of drug-likeness (QED) is 0.469. The molecule has 1 saturated heterocycles. The van der Waals surface area contributed by atoms with E-state index in [0.29, 0.717) is 6.42 Å². The maximum absolute atomic E-state index is 11.0. The summed E-state index contributed by atoms with van der Waals surface area (Å²) in [5, 5.41) is 2.28. The predicted octanol–water partition coefficient (Wildman–Crippen LogP) is 0.293. The number of amides is 2. The molecule has 1 fully saturated rings. The standard InChI is InChI=1S/C7H11NO2.Ca.2H/c1-3-7(2)4-5(9)8-6(7)10;;;/h3-4H2,1-2H3,(H,8,9,10);;;/q;+2;2*-1. The van der Waals surface area contributed by atoms with Crippen LogP contribution < -0.4 is 5.32 Å². The minimum Gasteiger partial charge on any atom is -1.00 e. The average molecular weight is 183 g/mol. The zero-order valence-corrected chi connectivity index (χ0v) is 9.15. The van der Waals surface area contributed by atoms with Gasteiger partial charge in [-0.3, -0.25) is 14.9 Å². The molecule has 4 heteroatoms. The molecule has 0 spiro atoms. The monoisotopic (exact) mass is 183 g/mol. The van der Waals surface area contributed by atoms with Gasteiger partial charge in [-0.15, -0.1) is 0 Å². The third kappa shape index (κ3) is 2.17. The van der Waals surface area contributed by atoms with Crippen LogP contribution in [0.25, 0.3) is 0 Å². The normalized spacial score (nSPS) is 29.6. The van der Waals surface area contributed by atoms with Crippen molar-refractivity contribution in [2.45, 2.75) is 26.7 Å². The Bertz CT molecular complexity index is 201. The van der Waals surface area contributed by atoms with Gasteiger partial charge < -0.3 is 2.85 Å². The number of hydrogen-bond donors (Lipinski definition) is 1. The second kappa shape index (κ2) is 3.87. The van der Waals surface area contributed by atoms with Gasteiger partial charge in [0.2, 0.25) is 11.8 Å². The molecule has 1 unspecified atom stereocenters. The van der Waals surface area contributed by atoms with Gasteiger partial charge in [0.05, 0.1) is 5.41 Å². The molecule has 0 aromatic heterocycles. The first-order valence-electron chi connectivity index (χ1n) is 3.43. The van der Waals surface area contributed by atoms with Gasteiger partial charge >= 0.3 is 37.7 Å². The van der Waals surface area contributed by atoms with E-state index < -0.39 is 5.41 Å². The molecule has 0 aromatic carbocycles. The number of carbonyl (C=O) groups excluding carboxylic acids is 2. The molecular formula is C7H13CaNO2. The average Bonchev–Trinajstić information content (AvgIpc) is 2.09. The first kappa shape index (κ1) is 11.4. The molecule has 1 N–H and O–H groups in total. The van der Waals surface area contributed by atoms with Crippen LogP contribution in [0.5, 0.6) is 0 Å². The molecule has 1 rings (SSSR count). The zero-order valence-electron chi connectivity index (χ0n) is 8.94. The number of nitrogens with one attached hydrogen (secondary N) is 1. The van der Waals surface area contributed by atoms with E-state index in [2.05, 4.69) is 5.32 Å². The summed E-state index contributed by atoms with van der Waals surface area (Å²) >= 11 is 0. The zero-order chi connectivity index (χ0) is 7.78. The molecule has 0 aromatic rings. The van der Waals surface area contributed by atoms with E-state index in [-0.39, 0.29) is 52.4 Å². The third-order valence-corrected chi connectivity index (χ3v) is 2.13. The Morgan fingerprint density at radius 2 is 2.18 bits per heavy atom. The topological polar surface area (TPSA) is 46.2 Å². The van der Waals surface area contributed by atoms with Gasteiger partial charge in [-0.25, -0.2) is 0 Å². The number of carbonyl (C=O) groups is 2. The van der Waals surface area contributed by atoms with Crippen molar-refractivity contribution in [2.75, 3.05) is 0 Å². The van der Waals surface area contributed by atoms with Gasteiger partial charge in [0.15, 0.2) is 0 Å². The van der Waals surface area contributed by atoms with Gasteiger partial charge in [-0.2, -0.15) is 0 Å². The van der Waals surface area contributed by atoms with E-state index in [9.17, 15) is 9.59 Å². The molecule has 3 nitrogen and oxygen atoms in total. The Morgan fingerprint density at radius 3 is 2.36 bits per heavy atom. The van der Waals surface area contributed by atoms with Gasteiger partial charge in [-0.1, -0.05) is 13.8 Å². The molecule has 0 radical (unpaired) electrons. The maximum Gasteiger partial charge on any atom is 2.00 e. The summed E-state index contributed by atoms with van der Waals surface area (Å²) in [6.07, 6.45) is 1.08. The molecule has 1 aliphatic heterocycles. The van der Waals surface area contributed by atoms with Crippen molar-refractivity contribution in [3.8, 4) is 0 Å². The minimum absolute atomic E-state index is 0. The fraction of sp³-hybridized carbons (Fsp3) is 0.714. The Kier molecular flexibility index (Phi) is 4.02. The van der Waals surface area contributed by atoms with Crippen LogP contribution in [0.1, 0.15) is 29.5 Å². The fourth-order valence-electron chi connectivity index (χ4n) is 1.04. The number of rotatable bonds is 1. The summed E-state index contributed by atoms with van der Waals surface area (Å²) in [7, 11) is 0. The molecule has 0 saturated carbocycles. The molecule has 0 bridgehead atoms. The van der Waals surface area contributed by atoms with Gasteiger partial charge in [0.1, 0.15) is 0 Å². The second-order valence-electron chi connectivity index (χ2n) is 2.97. The van der Waals surface area contributed by atoms with E-state index in [1.807, 2.05) is 13.8 Å². The minimum atomic E-state index is -0.433. The molecule has 2 amide bonds. The van der Waals surface area contributed by atoms with Crippen molar-refractivity contribution in [1.82, 2.24) is 5.32 Å². The molecule has 11 heavy (non-hydrogen) atoms. The smallest absolute Gasteiger partial charge is 1.00 e. The SMILES string of the molecule is CCC1(C)CC(=O)NC1=O.[Ca+2].[H-].[H-]. The van der Waals surface area contributed by atoms with Crippen LogP contribution in [0.3, 0.4) is 0 Å². The number of hydrogen-bond acceptors (Lipinski definition) is 2. The predicted molar refractivity (Wildman–Crippen MR) is 44.1 cm³/mol. The molecule has 60 valence electrons. The van der Waals surface area contributed by atoms with Gasteiger partial charge in [-0.05, 0) is 6.42 Å². The van der Waals surface area contributed by atoms with E-state index in [4.69, 9.17) is 0 Å². The van der Waals surface area contributed by atoms with Crippen LogP contribution in [0, 0.1) is 5.41 Å². The summed E-state index contributed by atoms with van der Waals surface area (Å²) in [4.78, 5) is 21.7. The first-order chi connectivity index (χ1) is 4.58. The Hall–Kier alpha value is 0.400. The summed E-state index contributed by atoms with van der Waals surface area (Å²) in [6.45, 7) is 3.73. The summed E-state index contributed by atoms with van der Waals surface area (Å²) in [5.74, 6) is -0.269. The van der Waals surface area contributed by atoms with Crippen LogP contribution in [0.4, 0.5) is 0 Å². The second-order valence-corrected chi connectivity index (χ2v) is 2.97. The largest absolute Gasteiger partial charge is 2.00 e. The Balaban J connectivity index is -0.000000333. The van der Waals surface area contributed by atoms with Crippen molar-refractivity contribution in [1.29, 1.82) is 0 Å². The maximum atomic E-state index is 11.0. The summed E-state index contributed by atoms with van der Waals surface area (Å²) in [5.41, 5.74) is -0.433. The molecular weight excluding hydrogens is 170 g/mol. The molecule has 0 aliphatic carbocycles. The van der Waals surface area contributed by atoms with E-state index in [0.717, 1.165) is 6.42 Å². The van der Waals surface area contributed by atoms with Gasteiger partial charge in [0.25, 0.3) is 0 Å². The van der Waals surface area contributed by atoms with Crippen LogP contribution in [-0.2, 0) is 9.59 Å². The molecule has 1 aliphatic rings. The van der Waals surface area contributed by atoms with E-state index in [1.165, 1.54) is 0 Å². The van der Waals surface area contributed by atoms with Crippen LogP contribution in [0.15, 0.2) is 0 Å². The van der Waals surface area contributed by atoms with Crippen molar-refractivity contribution >= 4 is 49.6 Å². The van der Waals surface area contributed by atoms with E-state index >= 15 is 0 Å². The number of imide groups is 1. The fourth-order valence-corrected chi connectivity index (χ4v) is 1.04. The van der Waals surface area contributed by atoms with Crippen LogP contribution in [0.2, 0.25) is 0 Å². The van der Waals surface area contributed by atoms with Crippen molar-refractivity contribution < 1.29 is 12.4 Å². The third-order valence-electron chi connectivity index (χ3n) is 2.13. The Labute approximate surface area is 98.9 Å². The molecule has 1 atom stereocenters. The van der Waals surface area contributed by atoms with Crippen LogP contribution >= 0.6 is 0 Å². The first-order valence-corrected chi connectivity index (χ1v) is 3.43. The Morgan fingerprint density at radius 1 is 1.64 bits per heavy atom. The van der Waals surface area contributed by atoms with Crippen molar-refractivity contribution in [2.24, 2.45) is 5.41 Å². The summed E-state index contributed by atoms with van der Waals surface area (Å²) < 4.78 is 0. The van der Waals surface area contributed by atoms with Crippen molar-refractivity contribution in [3.05, 3.63) is 0 Å². The molecule has 1 heterocycles.